The van der Waals surface area contributed by atoms with E-state index in [9.17, 15) is 0 Å². The van der Waals surface area contributed by atoms with Crippen LogP contribution in [-0.4, -0.2) is 21.4 Å². The molecule has 2 rings (SSSR count). The Hall–Kier alpha value is -1.56. The Morgan fingerprint density at radius 3 is 2.73 bits per heavy atom. The molecule has 78 valence electrons. The van der Waals surface area contributed by atoms with Crippen LogP contribution in [-0.2, 0) is 0 Å². The summed E-state index contributed by atoms with van der Waals surface area (Å²) in [7, 11) is 0. The molecule has 2 aromatic heterocycles. The second-order valence-electron chi connectivity index (χ2n) is 2.95. The Balaban J connectivity index is 2.48. The Morgan fingerprint density at radius 1 is 1.33 bits per heavy atom. The van der Waals surface area contributed by atoms with E-state index in [0.717, 1.165) is 4.90 Å². The van der Waals surface area contributed by atoms with E-state index in [1.807, 2.05) is 12.3 Å². The zero-order chi connectivity index (χ0) is 10.8. The topological polar surface area (TPSA) is 77.8 Å². The van der Waals surface area contributed by atoms with Gasteiger partial charge in [0.2, 0.25) is 11.7 Å². The van der Waals surface area contributed by atoms with Gasteiger partial charge >= 0.3 is 0 Å². The lowest BCUT2D eigenvalue weighted by Crippen LogP contribution is -1.94. The zero-order valence-corrected chi connectivity index (χ0v) is 9.21. The first-order chi connectivity index (χ1) is 7.19. The minimum Gasteiger partial charge on any atom is -0.384 e. The van der Waals surface area contributed by atoms with Gasteiger partial charge in [0.1, 0.15) is 11.5 Å². The Morgan fingerprint density at radius 2 is 2.13 bits per heavy atom. The van der Waals surface area contributed by atoms with Crippen LogP contribution in [0.4, 0.5) is 5.82 Å². The van der Waals surface area contributed by atoms with Crippen molar-refractivity contribution in [2.24, 2.45) is 0 Å². The molecule has 0 aromatic carbocycles. The van der Waals surface area contributed by atoms with E-state index in [-0.39, 0.29) is 0 Å². The van der Waals surface area contributed by atoms with Crippen LogP contribution in [0.5, 0.6) is 0 Å². The molecule has 6 heteroatoms. The number of hydrogen-bond acceptors (Lipinski definition) is 6. The van der Waals surface area contributed by atoms with Gasteiger partial charge in [-0.25, -0.2) is 4.98 Å². The molecule has 0 atom stereocenters. The molecule has 0 aliphatic rings. The number of nitrogens with zero attached hydrogens (tertiary/aromatic N) is 3. The molecule has 0 radical (unpaired) electrons. The highest BCUT2D eigenvalue weighted by Gasteiger charge is 2.09. The van der Waals surface area contributed by atoms with Crippen LogP contribution in [0.2, 0.25) is 0 Å². The third-order valence-corrected chi connectivity index (χ3v) is 2.52. The Kier molecular flexibility index (Phi) is 2.59. The van der Waals surface area contributed by atoms with Crippen molar-refractivity contribution in [3.8, 4) is 11.5 Å². The van der Waals surface area contributed by atoms with E-state index in [2.05, 4.69) is 15.1 Å². The lowest BCUT2D eigenvalue weighted by molar-refractivity contribution is 0.394. The molecular weight excluding hydrogens is 212 g/mol. The predicted molar refractivity (Wildman–Crippen MR) is 58.5 cm³/mol. The number of nitrogens with two attached hydrogens (primary N) is 1. The molecule has 2 N–H and O–H groups in total. The van der Waals surface area contributed by atoms with Crippen molar-refractivity contribution in [2.75, 3.05) is 12.0 Å². The quantitative estimate of drug-likeness (QED) is 0.780. The van der Waals surface area contributed by atoms with Crippen molar-refractivity contribution in [1.82, 2.24) is 15.1 Å². The minimum atomic E-state index is 0.458. The number of pyridine rings is 1. The van der Waals surface area contributed by atoms with Crippen LogP contribution in [0, 0.1) is 6.92 Å². The molecule has 5 nitrogen and oxygen atoms in total. The largest absolute Gasteiger partial charge is 0.384 e. The molecule has 15 heavy (non-hydrogen) atoms. The van der Waals surface area contributed by atoms with Crippen LogP contribution in [0.15, 0.2) is 21.6 Å². The molecule has 0 saturated heterocycles. The summed E-state index contributed by atoms with van der Waals surface area (Å²) in [6.07, 6.45) is 1.97. The standard InChI is InChI=1S/C9H10N4OS/c1-5-11-9(13-14-5)7-3-6(15-2)4-8(10)12-7/h3-4H,1-2H3,(H2,10,12). The van der Waals surface area contributed by atoms with Crippen molar-refractivity contribution in [1.29, 1.82) is 0 Å². The summed E-state index contributed by atoms with van der Waals surface area (Å²) < 4.78 is 4.88. The SMILES string of the molecule is CSc1cc(N)nc(-c2noc(C)n2)c1. The van der Waals surface area contributed by atoms with Crippen molar-refractivity contribution >= 4 is 17.6 Å². The summed E-state index contributed by atoms with van der Waals surface area (Å²) >= 11 is 1.59. The van der Waals surface area contributed by atoms with E-state index >= 15 is 0 Å². The summed E-state index contributed by atoms with van der Waals surface area (Å²) in [4.78, 5) is 9.26. The van der Waals surface area contributed by atoms with Crippen LogP contribution < -0.4 is 5.73 Å². The molecule has 0 unspecified atom stereocenters. The lowest BCUT2D eigenvalue weighted by Gasteiger charge is -2.00. The van der Waals surface area contributed by atoms with Crippen molar-refractivity contribution in [2.45, 2.75) is 11.8 Å². The molecule has 2 aromatic rings. The molecule has 0 amide bonds. The molecule has 0 aliphatic heterocycles. The van der Waals surface area contributed by atoms with E-state index in [4.69, 9.17) is 10.3 Å². The van der Waals surface area contributed by atoms with Gasteiger partial charge in [0.25, 0.3) is 0 Å². The van der Waals surface area contributed by atoms with Crippen LogP contribution >= 0.6 is 11.8 Å². The normalized spacial score (nSPS) is 10.5. The van der Waals surface area contributed by atoms with E-state index in [1.54, 1.807) is 24.8 Å². The number of anilines is 1. The first-order valence-electron chi connectivity index (χ1n) is 4.31. The fraction of sp³-hybridized carbons (Fsp3) is 0.222. The van der Waals surface area contributed by atoms with Gasteiger partial charge in [0.05, 0.1) is 0 Å². The lowest BCUT2D eigenvalue weighted by atomic mass is 10.3. The summed E-state index contributed by atoms with van der Waals surface area (Å²) in [5.41, 5.74) is 6.30. The fourth-order valence-electron chi connectivity index (χ4n) is 1.16. The molecule has 0 aliphatic carbocycles. The number of rotatable bonds is 2. The van der Waals surface area contributed by atoms with E-state index in [0.29, 0.717) is 23.2 Å². The van der Waals surface area contributed by atoms with Crippen molar-refractivity contribution in [3.05, 3.63) is 18.0 Å². The monoisotopic (exact) mass is 222 g/mol. The maximum atomic E-state index is 5.67. The summed E-state index contributed by atoms with van der Waals surface area (Å²) in [6.45, 7) is 1.73. The van der Waals surface area contributed by atoms with Crippen LogP contribution in [0.1, 0.15) is 5.89 Å². The van der Waals surface area contributed by atoms with Gasteiger partial charge in [-0.3, -0.25) is 0 Å². The zero-order valence-electron chi connectivity index (χ0n) is 8.39. The molecule has 0 fully saturated rings. The van der Waals surface area contributed by atoms with Gasteiger partial charge in [0.15, 0.2) is 0 Å². The third kappa shape index (κ3) is 2.10. The number of aromatic nitrogens is 3. The summed E-state index contributed by atoms with van der Waals surface area (Å²) in [5, 5.41) is 3.79. The van der Waals surface area contributed by atoms with E-state index < -0.39 is 0 Å². The first-order valence-corrected chi connectivity index (χ1v) is 5.54. The maximum absolute atomic E-state index is 5.67. The van der Waals surface area contributed by atoms with Gasteiger partial charge in [0, 0.05) is 11.8 Å². The van der Waals surface area contributed by atoms with Gasteiger partial charge in [-0.1, -0.05) is 5.16 Å². The molecule has 2 heterocycles. The smallest absolute Gasteiger partial charge is 0.223 e. The highest BCUT2D eigenvalue weighted by molar-refractivity contribution is 7.98. The van der Waals surface area contributed by atoms with Crippen LogP contribution in [0.3, 0.4) is 0 Å². The Labute approximate surface area is 91.1 Å². The number of aryl methyl sites for hydroxylation is 1. The summed E-state index contributed by atoms with van der Waals surface area (Å²) in [5.74, 6) is 1.44. The predicted octanol–water partition coefficient (Wildman–Crippen LogP) is 1.74. The fourth-order valence-corrected chi connectivity index (χ4v) is 1.63. The number of nitrogen functional groups attached to an aromatic ring is 1. The first kappa shape index (κ1) is 9.97. The second-order valence-corrected chi connectivity index (χ2v) is 3.83. The maximum Gasteiger partial charge on any atom is 0.223 e. The van der Waals surface area contributed by atoms with Crippen LogP contribution in [0.25, 0.3) is 11.5 Å². The average molecular weight is 222 g/mol. The van der Waals surface area contributed by atoms with Gasteiger partial charge in [-0.05, 0) is 18.4 Å². The van der Waals surface area contributed by atoms with Gasteiger partial charge in [-0.2, -0.15) is 4.98 Å². The second kappa shape index (κ2) is 3.90. The Bertz CT molecular complexity index is 483. The third-order valence-electron chi connectivity index (χ3n) is 1.81. The van der Waals surface area contributed by atoms with Crippen molar-refractivity contribution < 1.29 is 4.52 Å². The molecular formula is C9H10N4OS. The van der Waals surface area contributed by atoms with Gasteiger partial charge < -0.3 is 10.3 Å². The number of thioether (sulfide) groups is 1. The summed E-state index contributed by atoms with van der Waals surface area (Å²) in [6, 6.07) is 3.69. The highest BCUT2D eigenvalue weighted by Crippen LogP contribution is 2.22. The highest BCUT2D eigenvalue weighted by atomic mass is 32.2. The van der Waals surface area contributed by atoms with E-state index in [1.165, 1.54) is 0 Å². The van der Waals surface area contributed by atoms with Crippen molar-refractivity contribution in [3.63, 3.8) is 0 Å². The number of hydrogen-bond donors (Lipinski definition) is 1. The molecule has 0 spiro atoms. The molecule has 0 bridgehead atoms. The van der Waals surface area contributed by atoms with Gasteiger partial charge in [-0.15, -0.1) is 11.8 Å². The molecule has 0 saturated carbocycles. The average Bonchev–Trinajstić information content (AvgIpc) is 2.64. The minimum absolute atomic E-state index is 0.458.